The van der Waals surface area contributed by atoms with E-state index in [0.717, 1.165) is 29.8 Å². The minimum Gasteiger partial charge on any atom is -0.494 e. The molecule has 3 heterocycles. The molecule has 5 rings (SSSR count). The fourth-order valence-electron chi connectivity index (χ4n) is 5.49. The van der Waals surface area contributed by atoms with Crippen LogP contribution in [0.25, 0.3) is 0 Å². The molecular weight excluding hydrogens is 556 g/mol. The monoisotopic (exact) mass is 592 g/mol. The normalized spacial score (nSPS) is 15.8. The SMILES string of the molecule is CCCCOc1ccc(C[C@@H](NC(=O)Nc2ccc(Cl)cc2)C(=O)N2CCC(N3Cc4cnc(C)n4C3=O)CC2)cc1. The second-order valence-electron chi connectivity index (χ2n) is 10.8. The Morgan fingerprint density at radius 3 is 2.48 bits per heavy atom. The van der Waals surface area contributed by atoms with Crippen LogP contribution in [0.4, 0.5) is 15.3 Å². The number of ether oxygens (including phenoxy) is 1. The Balaban J connectivity index is 1.23. The Hall–Kier alpha value is -4.05. The molecule has 0 radical (unpaired) electrons. The lowest BCUT2D eigenvalue weighted by atomic mass is 10.00. The molecule has 0 saturated carbocycles. The van der Waals surface area contributed by atoms with E-state index < -0.39 is 12.1 Å². The third-order valence-electron chi connectivity index (χ3n) is 7.83. The molecule has 0 bridgehead atoms. The molecule has 2 aliphatic rings. The van der Waals surface area contributed by atoms with E-state index >= 15 is 0 Å². The van der Waals surface area contributed by atoms with Gasteiger partial charge in [-0.3, -0.25) is 9.36 Å². The Morgan fingerprint density at radius 1 is 1.10 bits per heavy atom. The molecule has 1 saturated heterocycles. The number of likely N-dealkylation sites (tertiary alicyclic amines) is 1. The average Bonchev–Trinajstić information content (AvgIpc) is 3.53. The smallest absolute Gasteiger partial charge is 0.330 e. The average molecular weight is 593 g/mol. The third-order valence-corrected chi connectivity index (χ3v) is 8.08. The summed E-state index contributed by atoms with van der Waals surface area (Å²) in [5, 5.41) is 6.24. The number of carbonyl (C=O) groups is 3. The number of aromatic nitrogens is 2. The van der Waals surface area contributed by atoms with Crippen molar-refractivity contribution in [2.45, 2.75) is 64.6 Å². The van der Waals surface area contributed by atoms with E-state index in [9.17, 15) is 14.4 Å². The molecule has 2 aliphatic heterocycles. The predicted molar refractivity (Wildman–Crippen MR) is 161 cm³/mol. The number of unbranched alkanes of at least 4 members (excludes halogenated alkanes) is 1. The predicted octanol–water partition coefficient (Wildman–Crippen LogP) is 5.23. The standard InChI is InChI=1S/C31H37ClN6O4/c1-3-4-17-42-27-11-5-22(6-12-27)18-28(35-30(40)34-24-9-7-23(32)8-10-24)29(39)36-15-13-25(14-16-36)37-20-26-19-33-21(2)38(26)31(37)41/h5-12,19,25,28H,3-4,13-18,20H2,1-2H3,(H2,34,35,40)/t28-/m1/s1. The molecule has 1 aromatic heterocycles. The second kappa shape index (κ2) is 13.3. The van der Waals surface area contributed by atoms with E-state index in [1.807, 2.05) is 36.1 Å². The van der Waals surface area contributed by atoms with Gasteiger partial charge in [-0.05, 0) is 68.1 Å². The summed E-state index contributed by atoms with van der Waals surface area (Å²) in [6.07, 6.45) is 5.46. The van der Waals surface area contributed by atoms with Crippen molar-refractivity contribution in [2.75, 3.05) is 25.0 Å². The number of hydrogen-bond acceptors (Lipinski definition) is 5. The molecular formula is C31H37ClN6O4. The number of aryl methyl sites for hydroxylation is 1. The molecule has 2 aromatic carbocycles. The first-order valence-corrected chi connectivity index (χ1v) is 14.9. The maximum Gasteiger partial charge on any atom is 0.330 e. The fraction of sp³-hybridized carbons (Fsp3) is 0.419. The van der Waals surface area contributed by atoms with Crippen LogP contribution in [0, 0.1) is 6.92 Å². The van der Waals surface area contributed by atoms with Crippen molar-refractivity contribution in [1.29, 1.82) is 0 Å². The van der Waals surface area contributed by atoms with Gasteiger partial charge in [-0.25, -0.2) is 14.6 Å². The number of imidazole rings is 1. The van der Waals surface area contributed by atoms with E-state index in [-0.39, 0.29) is 18.0 Å². The third kappa shape index (κ3) is 6.87. The number of rotatable bonds is 10. The molecule has 10 nitrogen and oxygen atoms in total. The van der Waals surface area contributed by atoms with Crippen molar-refractivity contribution < 1.29 is 19.1 Å². The summed E-state index contributed by atoms with van der Waals surface area (Å²) in [5.41, 5.74) is 2.38. The van der Waals surface area contributed by atoms with Gasteiger partial charge in [0.2, 0.25) is 5.91 Å². The number of nitrogens with zero attached hydrogens (tertiary/aromatic N) is 4. The van der Waals surface area contributed by atoms with E-state index in [4.69, 9.17) is 16.3 Å². The van der Waals surface area contributed by atoms with Crippen LogP contribution in [0.1, 0.15) is 49.7 Å². The van der Waals surface area contributed by atoms with E-state index in [1.54, 1.807) is 39.9 Å². The number of piperidine rings is 1. The Bertz CT molecular complexity index is 1400. The van der Waals surface area contributed by atoms with Gasteiger partial charge in [-0.2, -0.15) is 0 Å². The van der Waals surface area contributed by atoms with E-state index in [0.29, 0.717) is 62.0 Å². The van der Waals surface area contributed by atoms with Gasteiger partial charge in [0.15, 0.2) is 0 Å². The second-order valence-corrected chi connectivity index (χ2v) is 11.2. The summed E-state index contributed by atoms with van der Waals surface area (Å²) in [5.74, 6) is 1.32. The van der Waals surface area contributed by atoms with Gasteiger partial charge in [0.25, 0.3) is 0 Å². The lowest BCUT2D eigenvalue weighted by Crippen LogP contribution is -2.54. The highest BCUT2D eigenvalue weighted by Gasteiger charge is 2.37. The molecule has 1 atom stereocenters. The number of amides is 4. The molecule has 0 spiro atoms. The number of fused-ring (bicyclic) bond motifs is 1. The highest BCUT2D eigenvalue weighted by Crippen LogP contribution is 2.26. The number of anilines is 1. The molecule has 2 N–H and O–H groups in total. The minimum atomic E-state index is -0.774. The van der Waals surface area contributed by atoms with E-state index in [1.165, 1.54) is 0 Å². The van der Waals surface area contributed by atoms with Crippen LogP contribution in [0.5, 0.6) is 5.75 Å². The summed E-state index contributed by atoms with van der Waals surface area (Å²) in [7, 11) is 0. The molecule has 0 unspecified atom stereocenters. The van der Waals surface area contributed by atoms with Crippen LogP contribution in [-0.2, 0) is 17.8 Å². The number of urea groups is 1. The van der Waals surface area contributed by atoms with Crippen molar-refractivity contribution in [2.24, 2.45) is 0 Å². The first-order chi connectivity index (χ1) is 20.3. The van der Waals surface area contributed by atoms with Gasteiger partial charge >= 0.3 is 12.1 Å². The topological polar surface area (TPSA) is 109 Å². The minimum absolute atomic E-state index is 0.0423. The van der Waals surface area contributed by atoms with Gasteiger partial charge in [-0.15, -0.1) is 0 Å². The van der Waals surface area contributed by atoms with Crippen molar-refractivity contribution in [3.63, 3.8) is 0 Å². The van der Waals surface area contributed by atoms with Crippen molar-refractivity contribution in [3.8, 4) is 5.75 Å². The van der Waals surface area contributed by atoms with Gasteiger partial charge in [0.1, 0.15) is 17.6 Å². The number of halogens is 1. The molecule has 42 heavy (non-hydrogen) atoms. The summed E-state index contributed by atoms with van der Waals surface area (Å²) in [4.78, 5) is 47.7. The zero-order valence-electron chi connectivity index (χ0n) is 24.0. The largest absolute Gasteiger partial charge is 0.494 e. The molecule has 0 aliphatic carbocycles. The molecule has 222 valence electrons. The quantitative estimate of drug-likeness (QED) is 0.313. The summed E-state index contributed by atoms with van der Waals surface area (Å²) in [6, 6.07) is 13.2. The Morgan fingerprint density at radius 2 is 1.81 bits per heavy atom. The highest BCUT2D eigenvalue weighted by atomic mass is 35.5. The first kappa shape index (κ1) is 29.4. The molecule has 4 amide bonds. The van der Waals surface area contributed by atoms with Crippen LogP contribution < -0.4 is 15.4 Å². The lowest BCUT2D eigenvalue weighted by Gasteiger charge is -2.37. The van der Waals surface area contributed by atoms with Crippen molar-refractivity contribution in [3.05, 3.63) is 76.8 Å². The maximum atomic E-state index is 13.8. The van der Waals surface area contributed by atoms with Crippen LogP contribution in [0.15, 0.2) is 54.7 Å². The Labute approximate surface area is 251 Å². The van der Waals surface area contributed by atoms with Crippen LogP contribution in [0.3, 0.4) is 0 Å². The zero-order valence-corrected chi connectivity index (χ0v) is 24.8. The molecule has 1 fully saturated rings. The van der Waals surface area contributed by atoms with Crippen LogP contribution in [0.2, 0.25) is 5.02 Å². The summed E-state index contributed by atoms with van der Waals surface area (Å²) in [6.45, 7) is 6.14. The Kier molecular flexibility index (Phi) is 9.31. The van der Waals surface area contributed by atoms with Gasteiger partial charge in [0, 0.05) is 36.3 Å². The zero-order chi connectivity index (χ0) is 29.6. The van der Waals surface area contributed by atoms with Gasteiger partial charge in [-0.1, -0.05) is 37.1 Å². The van der Waals surface area contributed by atoms with E-state index in [2.05, 4.69) is 22.5 Å². The summed E-state index contributed by atoms with van der Waals surface area (Å²) >= 11 is 5.97. The van der Waals surface area contributed by atoms with Gasteiger partial charge < -0.3 is 25.2 Å². The summed E-state index contributed by atoms with van der Waals surface area (Å²) < 4.78 is 7.44. The number of nitrogens with one attached hydrogen (secondary N) is 2. The lowest BCUT2D eigenvalue weighted by molar-refractivity contribution is -0.134. The van der Waals surface area contributed by atoms with Crippen molar-refractivity contribution in [1.82, 2.24) is 24.7 Å². The van der Waals surface area contributed by atoms with Gasteiger partial charge in [0.05, 0.1) is 25.0 Å². The molecule has 3 aromatic rings. The fourth-order valence-corrected chi connectivity index (χ4v) is 5.61. The maximum absolute atomic E-state index is 13.8. The number of carbonyl (C=O) groups excluding carboxylic acids is 3. The van der Waals surface area contributed by atoms with Crippen molar-refractivity contribution >= 4 is 35.3 Å². The number of hydrogen-bond donors (Lipinski definition) is 2. The van der Waals surface area contributed by atoms with Crippen LogP contribution >= 0.6 is 11.6 Å². The number of benzene rings is 2. The molecule has 11 heteroatoms. The first-order valence-electron chi connectivity index (χ1n) is 14.5. The van der Waals surface area contributed by atoms with Crippen LogP contribution in [-0.4, -0.2) is 69.1 Å². The highest BCUT2D eigenvalue weighted by molar-refractivity contribution is 6.30.